The molecule has 6 nitrogen and oxygen atoms in total. The minimum atomic E-state index is -0.670. The molecule has 1 amide bonds. The smallest absolute Gasteiger partial charge is 0.306 e. The number of amides is 1. The van der Waals surface area contributed by atoms with E-state index in [0.717, 1.165) is 77.0 Å². The molecule has 6 heteroatoms. The number of unbranched alkanes of at least 4 members (excludes halogenated alkanes) is 33. The van der Waals surface area contributed by atoms with Gasteiger partial charge in [-0.3, -0.25) is 14.4 Å². The average molecular weight is 884 g/mol. The lowest BCUT2D eigenvalue weighted by Gasteiger charge is -2.19. The van der Waals surface area contributed by atoms with Gasteiger partial charge in [-0.25, -0.2) is 0 Å². The molecule has 0 aromatic rings. The zero-order valence-electron chi connectivity index (χ0n) is 42.2. The summed E-state index contributed by atoms with van der Waals surface area (Å²) in [5.74, 6) is -0.575. The van der Waals surface area contributed by atoms with Crippen LogP contribution in [0.4, 0.5) is 0 Å². The molecule has 0 aliphatic rings. The third-order valence-electron chi connectivity index (χ3n) is 12.2. The van der Waals surface area contributed by atoms with Gasteiger partial charge in [0.05, 0.1) is 6.54 Å². The Morgan fingerprint density at radius 3 is 1.00 bits per heavy atom. The van der Waals surface area contributed by atoms with Crippen LogP contribution in [0.5, 0.6) is 0 Å². The van der Waals surface area contributed by atoms with Gasteiger partial charge in [0.25, 0.3) is 0 Å². The largest absolute Gasteiger partial charge is 0.462 e. The van der Waals surface area contributed by atoms with Crippen LogP contribution in [0.15, 0.2) is 36.5 Å². The first-order chi connectivity index (χ1) is 31.0. The van der Waals surface area contributed by atoms with Crippen LogP contribution >= 0.6 is 0 Å². The van der Waals surface area contributed by atoms with Gasteiger partial charge in [0.2, 0.25) is 5.91 Å². The van der Waals surface area contributed by atoms with Crippen LogP contribution in [0.1, 0.15) is 290 Å². The predicted molar refractivity (Wildman–Crippen MR) is 272 cm³/mol. The van der Waals surface area contributed by atoms with Crippen molar-refractivity contribution in [2.45, 2.75) is 297 Å². The number of hydrogen-bond acceptors (Lipinski definition) is 5. The Balaban J connectivity index is 4.39. The lowest BCUT2D eigenvalue weighted by atomic mass is 10.1. The van der Waals surface area contributed by atoms with Crippen LogP contribution < -0.4 is 5.32 Å². The summed E-state index contributed by atoms with van der Waals surface area (Å²) in [7, 11) is 0. The van der Waals surface area contributed by atoms with E-state index in [1.807, 2.05) is 0 Å². The Labute approximate surface area is 391 Å². The third-order valence-corrected chi connectivity index (χ3v) is 12.2. The molecule has 0 rings (SSSR count). The molecule has 0 saturated carbocycles. The molecular weight excluding hydrogens is 779 g/mol. The molecule has 0 spiro atoms. The fourth-order valence-corrected chi connectivity index (χ4v) is 7.99. The number of esters is 2. The summed E-state index contributed by atoms with van der Waals surface area (Å²) >= 11 is 0. The van der Waals surface area contributed by atoms with Crippen molar-refractivity contribution in [3.8, 4) is 0 Å². The van der Waals surface area contributed by atoms with Gasteiger partial charge in [0.1, 0.15) is 6.61 Å². The first-order valence-corrected chi connectivity index (χ1v) is 27.6. The molecule has 63 heavy (non-hydrogen) atoms. The zero-order chi connectivity index (χ0) is 45.8. The summed E-state index contributed by atoms with van der Waals surface area (Å²) in [4.78, 5) is 38.2. The Morgan fingerprint density at radius 1 is 0.365 bits per heavy atom. The average Bonchev–Trinajstić information content (AvgIpc) is 3.28. The quantitative estimate of drug-likeness (QED) is 0.0374. The number of carbonyl (C=O) groups is 3. The number of nitrogens with one attached hydrogen (secondary N) is 1. The highest BCUT2D eigenvalue weighted by molar-refractivity contribution is 5.76. The second-order valence-electron chi connectivity index (χ2n) is 18.6. The molecule has 0 aromatic carbocycles. The molecule has 0 radical (unpaired) electrons. The van der Waals surface area contributed by atoms with E-state index in [1.165, 1.54) is 173 Å². The summed E-state index contributed by atoms with van der Waals surface area (Å²) in [5.41, 5.74) is 0. The Hall–Kier alpha value is -2.37. The van der Waals surface area contributed by atoms with Crippen molar-refractivity contribution in [3.63, 3.8) is 0 Å². The van der Waals surface area contributed by atoms with E-state index < -0.39 is 6.10 Å². The number of allylic oxidation sites excluding steroid dienone is 6. The number of ether oxygens (including phenoxy) is 2. The third kappa shape index (κ3) is 50.5. The maximum Gasteiger partial charge on any atom is 0.306 e. The summed E-state index contributed by atoms with van der Waals surface area (Å²) in [5, 5.41) is 2.96. The summed E-state index contributed by atoms with van der Waals surface area (Å²) in [6.45, 7) is 6.95. The number of carbonyl (C=O) groups excluding carboxylic acids is 3. The first-order valence-electron chi connectivity index (χ1n) is 27.6. The fourth-order valence-electron chi connectivity index (χ4n) is 7.99. The number of hydrogen-bond donors (Lipinski definition) is 1. The monoisotopic (exact) mass is 884 g/mol. The first kappa shape index (κ1) is 60.6. The van der Waals surface area contributed by atoms with Gasteiger partial charge >= 0.3 is 11.9 Å². The van der Waals surface area contributed by atoms with Gasteiger partial charge in [-0.15, -0.1) is 0 Å². The van der Waals surface area contributed by atoms with Crippen molar-refractivity contribution >= 4 is 17.8 Å². The lowest BCUT2D eigenvalue weighted by molar-refractivity contribution is -0.159. The minimum absolute atomic E-state index is 0.0181. The summed E-state index contributed by atoms with van der Waals surface area (Å²) in [6, 6.07) is 0. The van der Waals surface area contributed by atoms with E-state index in [1.54, 1.807) is 0 Å². The molecule has 1 atom stereocenters. The van der Waals surface area contributed by atoms with E-state index >= 15 is 0 Å². The van der Waals surface area contributed by atoms with Crippen LogP contribution in [-0.2, 0) is 23.9 Å². The molecule has 368 valence electrons. The van der Waals surface area contributed by atoms with E-state index in [9.17, 15) is 14.4 Å². The minimum Gasteiger partial charge on any atom is -0.462 e. The van der Waals surface area contributed by atoms with Crippen LogP contribution in [0.3, 0.4) is 0 Å². The molecule has 0 heterocycles. The van der Waals surface area contributed by atoms with Crippen LogP contribution in [0.2, 0.25) is 0 Å². The van der Waals surface area contributed by atoms with Crippen molar-refractivity contribution in [1.82, 2.24) is 5.32 Å². The topological polar surface area (TPSA) is 81.7 Å². The standard InChI is InChI=1S/C57H105NO5/c1-4-7-10-13-16-19-22-25-28-31-34-37-40-43-46-49-55(59)58-52-54(63-57(61)51-48-45-42-39-36-33-30-27-24-21-18-15-12-9-6-3)53-62-56(60)50-47-44-41-38-35-32-29-26-23-20-17-14-11-8-5-2/h25-30,54H,4-24,31-53H2,1-3H3,(H,58,59). The van der Waals surface area contributed by atoms with E-state index in [4.69, 9.17) is 9.47 Å². The highest BCUT2D eigenvalue weighted by Gasteiger charge is 2.18. The second kappa shape index (κ2) is 52.3. The van der Waals surface area contributed by atoms with Crippen molar-refractivity contribution in [1.29, 1.82) is 0 Å². The molecule has 0 aromatic heterocycles. The molecule has 0 saturated heterocycles. The van der Waals surface area contributed by atoms with Crippen molar-refractivity contribution in [2.75, 3.05) is 13.2 Å². The van der Waals surface area contributed by atoms with E-state index in [0.29, 0.717) is 19.3 Å². The summed E-state index contributed by atoms with van der Waals surface area (Å²) < 4.78 is 11.4. The predicted octanol–water partition coefficient (Wildman–Crippen LogP) is 17.7. The van der Waals surface area contributed by atoms with E-state index in [-0.39, 0.29) is 31.0 Å². The highest BCUT2D eigenvalue weighted by atomic mass is 16.6. The Kier molecular flexibility index (Phi) is 50.3. The lowest BCUT2D eigenvalue weighted by Crippen LogP contribution is -2.38. The molecule has 0 fully saturated rings. The Morgan fingerprint density at radius 2 is 0.651 bits per heavy atom. The van der Waals surface area contributed by atoms with Gasteiger partial charge in [0.15, 0.2) is 6.10 Å². The molecule has 0 aliphatic carbocycles. The molecule has 1 N–H and O–H groups in total. The maximum absolute atomic E-state index is 12.8. The van der Waals surface area contributed by atoms with Crippen molar-refractivity contribution in [3.05, 3.63) is 36.5 Å². The van der Waals surface area contributed by atoms with Gasteiger partial charge in [0, 0.05) is 19.3 Å². The molecule has 1 unspecified atom stereocenters. The van der Waals surface area contributed by atoms with E-state index in [2.05, 4.69) is 62.5 Å². The van der Waals surface area contributed by atoms with Crippen molar-refractivity contribution < 1.29 is 23.9 Å². The van der Waals surface area contributed by atoms with Gasteiger partial charge in [-0.05, 0) is 96.3 Å². The fraction of sp³-hybridized carbons (Fsp3) is 0.842. The van der Waals surface area contributed by atoms with Gasteiger partial charge < -0.3 is 14.8 Å². The maximum atomic E-state index is 12.8. The normalized spacial score (nSPS) is 12.2. The zero-order valence-corrected chi connectivity index (χ0v) is 42.2. The van der Waals surface area contributed by atoms with Gasteiger partial charge in [-0.2, -0.15) is 0 Å². The molecule has 0 bridgehead atoms. The second-order valence-corrected chi connectivity index (χ2v) is 18.6. The van der Waals surface area contributed by atoms with Crippen molar-refractivity contribution in [2.24, 2.45) is 0 Å². The SMILES string of the molecule is CCCCCCCCC=CCCCCCCCC(=O)NCC(COC(=O)CCCCCCCC=CCCCCCCCC)OC(=O)CCCCCCCC=CCCCCCCCC. The van der Waals surface area contributed by atoms with Gasteiger partial charge in [-0.1, -0.05) is 211 Å². The van der Waals surface area contributed by atoms with Crippen LogP contribution in [-0.4, -0.2) is 37.1 Å². The van der Waals surface area contributed by atoms with Crippen LogP contribution in [0.25, 0.3) is 0 Å². The highest BCUT2D eigenvalue weighted by Crippen LogP contribution is 2.14. The molecular formula is C57H105NO5. The van der Waals surface area contributed by atoms with Crippen LogP contribution in [0, 0.1) is 0 Å². The Bertz CT molecular complexity index is 1010. The summed E-state index contributed by atoms with van der Waals surface area (Å²) in [6.07, 6.45) is 61.9. The molecule has 0 aliphatic heterocycles. The number of rotatable bonds is 50.